The lowest BCUT2D eigenvalue weighted by atomic mass is 10.1. The van der Waals surface area contributed by atoms with Gasteiger partial charge in [0.1, 0.15) is 5.75 Å². The molecule has 0 bridgehead atoms. The Morgan fingerprint density at radius 1 is 0.964 bits per heavy atom. The van der Waals surface area contributed by atoms with Gasteiger partial charge in [-0.25, -0.2) is 0 Å². The minimum atomic E-state index is -0.139. The average Bonchev–Trinajstić information content (AvgIpc) is 2.74. The van der Waals surface area contributed by atoms with Crippen LogP contribution in [0.1, 0.15) is 25.7 Å². The highest BCUT2D eigenvalue weighted by molar-refractivity contribution is 5.92. The summed E-state index contributed by atoms with van der Waals surface area (Å²) in [5.74, 6) is 0.885. The Kier molecular flexibility index (Phi) is 5.63. The number of aromatic nitrogens is 1. The van der Waals surface area contributed by atoms with Crippen LogP contribution in [0.3, 0.4) is 0 Å². The van der Waals surface area contributed by atoms with Crippen molar-refractivity contribution in [3.8, 4) is 22.8 Å². The molecular weight excluding hydrogens is 352 g/mol. The fourth-order valence-electron chi connectivity index (χ4n) is 3.88. The first-order chi connectivity index (χ1) is 13.7. The van der Waals surface area contributed by atoms with Gasteiger partial charge in [-0.3, -0.25) is 4.79 Å². The summed E-state index contributed by atoms with van der Waals surface area (Å²) in [4.78, 5) is 18.0. The first kappa shape index (κ1) is 18.6. The van der Waals surface area contributed by atoms with Crippen molar-refractivity contribution in [1.29, 1.82) is 0 Å². The predicted molar refractivity (Wildman–Crippen MR) is 112 cm³/mol. The zero-order valence-electron chi connectivity index (χ0n) is 16.0. The van der Waals surface area contributed by atoms with E-state index in [4.69, 9.17) is 4.74 Å². The van der Waals surface area contributed by atoms with Gasteiger partial charge >= 0.3 is 0 Å². The normalized spacial score (nSPS) is 15.0. The summed E-state index contributed by atoms with van der Waals surface area (Å²) in [6.45, 7) is 3.99. The van der Waals surface area contributed by atoms with Gasteiger partial charge < -0.3 is 19.7 Å². The van der Waals surface area contributed by atoms with Crippen LogP contribution >= 0.6 is 0 Å². The van der Waals surface area contributed by atoms with Crippen LogP contribution in [0, 0.1) is 0 Å². The fourth-order valence-corrected chi connectivity index (χ4v) is 3.88. The lowest BCUT2D eigenvalue weighted by Crippen LogP contribution is -2.31. The van der Waals surface area contributed by atoms with E-state index in [1.807, 2.05) is 24.3 Å². The van der Waals surface area contributed by atoms with Gasteiger partial charge in [0.15, 0.2) is 5.75 Å². The highest BCUT2D eigenvalue weighted by atomic mass is 16.5. The molecule has 0 radical (unpaired) electrons. The molecule has 0 saturated carbocycles. The highest BCUT2D eigenvalue weighted by Gasteiger charge is 2.15. The molecular formula is C23H26N2O3. The molecule has 1 aromatic heterocycles. The van der Waals surface area contributed by atoms with Gasteiger partial charge in [0.25, 0.3) is 5.56 Å². The van der Waals surface area contributed by atoms with Crippen molar-refractivity contribution in [3.05, 3.63) is 58.9 Å². The van der Waals surface area contributed by atoms with E-state index in [2.05, 4.69) is 9.88 Å². The van der Waals surface area contributed by atoms with Crippen molar-refractivity contribution in [2.75, 3.05) is 26.2 Å². The smallest absolute Gasteiger partial charge is 0.256 e. The number of hydrogen-bond acceptors (Lipinski definition) is 4. The van der Waals surface area contributed by atoms with E-state index < -0.39 is 0 Å². The summed E-state index contributed by atoms with van der Waals surface area (Å²) in [5.41, 5.74) is 1.33. The zero-order chi connectivity index (χ0) is 19.3. The topological polar surface area (TPSA) is 65.6 Å². The Hall–Kier alpha value is -2.79. The van der Waals surface area contributed by atoms with Crippen LogP contribution in [0.2, 0.25) is 0 Å². The first-order valence-corrected chi connectivity index (χ1v) is 10.0. The SMILES string of the molecule is O=c1[nH]c(-c2ccc(O)cc2)c(OCCCN2CCCCC2)c2ccccc12. The van der Waals surface area contributed by atoms with E-state index in [9.17, 15) is 9.90 Å². The summed E-state index contributed by atoms with van der Waals surface area (Å²) in [6, 6.07) is 14.3. The van der Waals surface area contributed by atoms with Crippen molar-refractivity contribution in [2.45, 2.75) is 25.7 Å². The minimum absolute atomic E-state index is 0.139. The van der Waals surface area contributed by atoms with Crippen molar-refractivity contribution < 1.29 is 9.84 Å². The molecule has 2 aromatic carbocycles. The van der Waals surface area contributed by atoms with E-state index in [1.54, 1.807) is 24.3 Å². The predicted octanol–water partition coefficient (Wildman–Crippen LogP) is 4.16. The molecule has 1 saturated heterocycles. The second kappa shape index (κ2) is 8.48. The van der Waals surface area contributed by atoms with E-state index in [1.165, 1.54) is 32.4 Å². The number of pyridine rings is 1. The molecule has 4 rings (SSSR count). The number of phenolic OH excluding ortho intramolecular Hbond substituents is 1. The van der Waals surface area contributed by atoms with E-state index in [0.717, 1.165) is 23.9 Å². The van der Waals surface area contributed by atoms with E-state index >= 15 is 0 Å². The van der Waals surface area contributed by atoms with Crippen LogP contribution in [0.25, 0.3) is 22.0 Å². The van der Waals surface area contributed by atoms with Gasteiger partial charge in [-0.1, -0.05) is 24.6 Å². The van der Waals surface area contributed by atoms with Gasteiger partial charge in [0, 0.05) is 17.5 Å². The molecule has 3 aromatic rings. The largest absolute Gasteiger partial charge is 0.508 e. The highest BCUT2D eigenvalue weighted by Crippen LogP contribution is 2.34. The molecule has 5 nitrogen and oxygen atoms in total. The second-order valence-corrected chi connectivity index (χ2v) is 7.36. The lowest BCUT2D eigenvalue weighted by molar-refractivity contribution is 0.205. The van der Waals surface area contributed by atoms with Gasteiger partial charge in [0.05, 0.1) is 17.7 Å². The van der Waals surface area contributed by atoms with Crippen molar-refractivity contribution in [2.24, 2.45) is 0 Å². The van der Waals surface area contributed by atoms with Crippen molar-refractivity contribution in [1.82, 2.24) is 9.88 Å². The van der Waals surface area contributed by atoms with Crippen LogP contribution in [0.15, 0.2) is 53.3 Å². The number of fused-ring (bicyclic) bond motifs is 1. The van der Waals surface area contributed by atoms with Gasteiger partial charge in [-0.2, -0.15) is 0 Å². The third-order valence-corrected chi connectivity index (χ3v) is 5.35. The molecule has 2 heterocycles. The van der Waals surface area contributed by atoms with E-state index in [0.29, 0.717) is 23.4 Å². The molecule has 2 N–H and O–H groups in total. The number of ether oxygens (including phenoxy) is 1. The van der Waals surface area contributed by atoms with Crippen molar-refractivity contribution in [3.63, 3.8) is 0 Å². The number of hydrogen-bond donors (Lipinski definition) is 2. The standard InChI is InChI=1S/C23H26N2O3/c26-18-11-9-17(10-12-18)21-22(19-7-2-3-8-20(19)23(27)24-21)28-16-6-15-25-13-4-1-5-14-25/h2-3,7-12,26H,1,4-6,13-16H2,(H,24,27). The Balaban J connectivity index is 1.60. The lowest BCUT2D eigenvalue weighted by Gasteiger charge is -2.26. The zero-order valence-corrected chi connectivity index (χ0v) is 16.0. The number of piperidine rings is 1. The number of phenols is 1. The Labute approximate surface area is 164 Å². The molecule has 0 amide bonds. The number of aromatic hydroxyl groups is 1. The monoisotopic (exact) mass is 378 g/mol. The molecule has 1 fully saturated rings. The minimum Gasteiger partial charge on any atom is -0.508 e. The molecule has 0 unspecified atom stereocenters. The molecule has 0 spiro atoms. The molecule has 1 aliphatic heterocycles. The number of benzene rings is 2. The summed E-state index contributed by atoms with van der Waals surface area (Å²) in [5, 5.41) is 11.0. The van der Waals surface area contributed by atoms with Crippen LogP contribution in [0.4, 0.5) is 0 Å². The molecule has 146 valence electrons. The van der Waals surface area contributed by atoms with Gasteiger partial charge in [-0.15, -0.1) is 0 Å². The second-order valence-electron chi connectivity index (χ2n) is 7.36. The number of nitrogens with zero attached hydrogens (tertiary/aromatic N) is 1. The van der Waals surface area contributed by atoms with Gasteiger partial charge in [-0.05, 0) is 62.7 Å². The summed E-state index contributed by atoms with van der Waals surface area (Å²) in [6.07, 6.45) is 4.86. The first-order valence-electron chi connectivity index (χ1n) is 10.0. The Bertz CT molecular complexity index is 989. The molecule has 0 atom stereocenters. The molecule has 5 heteroatoms. The van der Waals surface area contributed by atoms with E-state index in [-0.39, 0.29) is 11.3 Å². The Morgan fingerprint density at radius 3 is 2.43 bits per heavy atom. The molecule has 28 heavy (non-hydrogen) atoms. The van der Waals surface area contributed by atoms with Crippen LogP contribution in [0.5, 0.6) is 11.5 Å². The number of H-pyrrole nitrogens is 1. The summed E-state index contributed by atoms with van der Waals surface area (Å²) in [7, 11) is 0. The number of aromatic amines is 1. The fraction of sp³-hybridized carbons (Fsp3) is 0.348. The molecule has 1 aliphatic rings. The maximum absolute atomic E-state index is 12.6. The number of likely N-dealkylation sites (tertiary alicyclic amines) is 1. The number of nitrogens with one attached hydrogen (secondary N) is 1. The third kappa shape index (κ3) is 4.04. The third-order valence-electron chi connectivity index (χ3n) is 5.35. The van der Waals surface area contributed by atoms with Crippen LogP contribution in [-0.2, 0) is 0 Å². The number of rotatable bonds is 6. The van der Waals surface area contributed by atoms with Crippen LogP contribution < -0.4 is 10.3 Å². The van der Waals surface area contributed by atoms with Gasteiger partial charge in [0.2, 0.25) is 0 Å². The maximum Gasteiger partial charge on any atom is 0.256 e. The summed E-state index contributed by atoms with van der Waals surface area (Å²) < 4.78 is 6.22. The summed E-state index contributed by atoms with van der Waals surface area (Å²) >= 11 is 0. The quantitative estimate of drug-likeness (QED) is 0.632. The maximum atomic E-state index is 12.6. The van der Waals surface area contributed by atoms with Crippen LogP contribution in [-0.4, -0.2) is 41.2 Å². The van der Waals surface area contributed by atoms with Crippen molar-refractivity contribution >= 4 is 10.8 Å². The Morgan fingerprint density at radius 2 is 1.68 bits per heavy atom. The average molecular weight is 378 g/mol. The molecule has 0 aliphatic carbocycles.